The number of carbonyl (C=O) groups excluding carboxylic acids is 1. The quantitative estimate of drug-likeness (QED) is 0.854. The van der Waals surface area contributed by atoms with Gasteiger partial charge in [-0.2, -0.15) is 0 Å². The van der Waals surface area contributed by atoms with Crippen LogP contribution in [0.1, 0.15) is 16.3 Å². The Morgan fingerprint density at radius 2 is 2.35 bits per heavy atom. The molecule has 0 bridgehead atoms. The van der Waals surface area contributed by atoms with Gasteiger partial charge in [-0.1, -0.05) is 0 Å². The van der Waals surface area contributed by atoms with E-state index in [-0.39, 0.29) is 24.4 Å². The fourth-order valence-corrected chi connectivity index (χ4v) is 1.75. The molecule has 17 heavy (non-hydrogen) atoms. The lowest BCUT2D eigenvalue weighted by Gasteiger charge is -2.31. The zero-order valence-corrected chi connectivity index (χ0v) is 10.5. The molecule has 1 atom stereocenters. The first-order valence-electron chi connectivity index (χ1n) is 5.38. The predicted molar refractivity (Wildman–Crippen MR) is 65.4 cm³/mol. The van der Waals surface area contributed by atoms with E-state index in [0.29, 0.717) is 32.0 Å². The van der Waals surface area contributed by atoms with Crippen LogP contribution < -0.4 is 5.73 Å². The molecule has 1 aromatic rings. The molecule has 0 radical (unpaired) electrons. The summed E-state index contributed by atoms with van der Waals surface area (Å²) in [5, 5.41) is 0. The van der Waals surface area contributed by atoms with Gasteiger partial charge in [0, 0.05) is 19.6 Å². The Morgan fingerprint density at radius 3 is 2.94 bits per heavy atom. The van der Waals surface area contributed by atoms with Crippen LogP contribution in [0.2, 0.25) is 0 Å². The zero-order valence-electron chi connectivity index (χ0n) is 9.72. The number of carbonyl (C=O) groups is 1. The summed E-state index contributed by atoms with van der Waals surface area (Å²) in [4.78, 5) is 13.7. The molecule has 2 heterocycles. The average Bonchev–Trinajstić information content (AvgIpc) is 2.75. The van der Waals surface area contributed by atoms with Crippen LogP contribution in [0.3, 0.4) is 0 Å². The standard InChI is InChI=1S/C11H16N2O3.ClH/c1-8-2-3-10(16-8)11(14)13-4-5-15-9(6-12)7-13;/h2-3,9H,4-7,12H2,1H3;1H. The average molecular weight is 261 g/mol. The Kier molecular flexibility index (Phi) is 4.99. The van der Waals surface area contributed by atoms with Gasteiger partial charge in [0.05, 0.1) is 12.7 Å². The highest BCUT2D eigenvalue weighted by Crippen LogP contribution is 2.12. The Hall–Kier alpha value is -1.04. The number of furan rings is 1. The van der Waals surface area contributed by atoms with Crippen molar-refractivity contribution in [3.05, 3.63) is 23.7 Å². The van der Waals surface area contributed by atoms with Crippen molar-refractivity contribution in [3.63, 3.8) is 0 Å². The van der Waals surface area contributed by atoms with Gasteiger partial charge in [-0.25, -0.2) is 0 Å². The van der Waals surface area contributed by atoms with Crippen molar-refractivity contribution in [1.29, 1.82) is 0 Å². The van der Waals surface area contributed by atoms with E-state index in [4.69, 9.17) is 14.9 Å². The van der Waals surface area contributed by atoms with Gasteiger partial charge in [-0.15, -0.1) is 12.4 Å². The fourth-order valence-electron chi connectivity index (χ4n) is 1.75. The third-order valence-electron chi connectivity index (χ3n) is 2.64. The van der Waals surface area contributed by atoms with Gasteiger partial charge in [0.25, 0.3) is 5.91 Å². The number of rotatable bonds is 2. The Balaban J connectivity index is 0.00000144. The zero-order chi connectivity index (χ0) is 11.5. The molecule has 1 unspecified atom stereocenters. The Bertz CT molecular complexity index is 381. The summed E-state index contributed by atoms with van der Waals surface area (Å²) in [7, 11) is 0. The van der Waals surface area contributed by atoms with Crippen molar-refractivity contribution in [2.24, 2.45) is 5.73 Å². The van der Waals surface area contributed by atoms with E-state index in [0.717, 1.165) is 5.76 Å². The van der Waals surface area contributed by atoms with Crippen LogP contribution in [0, 0.1) is 6.92 Å². The molecule has 1 amide bonds. The molecule has 6 heteroatoms. The molecule has 1 aliphatic heterocycles. The lowest BCUT2D eigenvalue weighted by atomic mass is 10.2. The van der Waals surface area contributed by atoms with Gasteiger partial charge in [0.15, 0.2) is 5.76 Å². The molecule has 1 saturated heterocycles. The number of halogens is 1. The van der Waals surface area contributed by atoms with E-state index in [9.17, 15) is 4.79 Å². The largest absolute Gasteiger partial charge is 0.456 e. The second kappa shape index (κ2) is 6.05. The first-order valence-corrected chi connectivity index (χ1v) is 5.38. The van der Waals surface area contributed by atoms with Crippen LogP contribution in [0.5, 0.6) is 0 Å². The Morgan fingerprint density at radius 1 is 1.59 bits per heavy atom. The summed E-state index contributed by atoms with van der Waals surface area (Å²) in [6.45, 7) is 3.91. The first kappa shape index (κ1) is 14.0. The third-order valence-corrected chi connectivity index (χ3v) is 2.64. The van der Waals surface area contributed by atoms with Crippen molar-refractivity contribution < 1.29 is 13.9 Å². The molecule has 2 rings (SSSR count). The van der Waals surface area contributed by atoms with Crippen molar-refractivity contribution >= 4 is 18.3 Å². The highest BCUT2D eigenvalue weighted by Gasteiger charge is 2.25. The van der Waals surface area contributed by atoms with E-state index in [1.54, 1.807) is 17.0 Å². The summed E-state index contributed by atoms with van der Waals surface area (Å²) >= 11 is 0. The van der Waals surface area contributed by atoms with Gasteiger partial charge in [-0.05, 0) is 19.1 Å². The summed E-state index contributed by atoms with van der Waals surface area (Å²) in [5.41, 5.74) is 5.52. The fraction of sp³-hybridized carbons (Fsp3) is 0.545. The summed E-state index contributed by atoms with van der Waals surface area (Å²) in [5.74, 6) is 1.04. The van der Waals surface area contributed by atoms with Gasteiger partial charge in [0.1, 0.15) is 5.76 Å². The van der Waals surface area contributed by atoms with Gasteiger partial charge < -0.3 is 19.8 Å². The van der Waals surface area contributed by atoms with E-state index in [2.05, 4.69) is 0 Å². The van der Waals surface area contributed by atoms with Crippen LogP contribution in [-0.2, 0) is 4.74 Å². The molecule has 5 nitrogen and oxygen atoms in total. The smallest absolute Gasteiger partial charge is 0.289 e. The number of amides is 1. The SMILES string of the molecule is Cc1ccc(C(=O)N2CCOC(CN)C2)o1.Cl. The molecular formula is C11H17ClN2O3. The van der Waals surface area contributed by atoms with E-state index >= 15 is 0 Å². The molecule has 1 aromatic heterocycles. The topological polar surface area (TPSA) is 68.7 Å². The second-order valence-electron chi connectivity index (χ2n) is 3.89. The van der Waals surface area contributed by atoms with Crippen molar-refractivity contribution in [2.75, 3.05) is 26.2 Å². The lowest BCUT2D eigenvalue weighted by Crippen LogP contribution is -2.48. The minimum atomic E-state index is -0.0881. The minimum Gasteiger partial charge on any atom is -0.456 e. The first-order chi connectivity index (χ1) is 7.70. The van der Waals surface area contributed by atoms with Crippen LogP contribution in [-0.4, -0.2) is 43.2 Å². The van der Waals surface area contributed by atoms with E-state index in [1.165, 1.54) is 0 Å². The maximum atomic E-state index is 12.0. The van der Waals surface area contributed by atoms with Crippen molar-refractivity contribution in [3.8, 4) is 0 Å². The molecule has 0 aliphatic carbocycles. The molecule has 2 N–H and O–H groups in total. The van der Waals surface area contributed by atoms with Crippen LogP contribution >= 0.6 is 12.4 Å². The predicted octanol–water partition coefficient (Wildman–Crippen LogP) is 0.810. The number of morpholine rings is 1. The Labute approximate surface area is 106 Å². The lowest BCUT2D eigenvalue weighted by molar-refractivity contribution is -0.0177. The number of ether oxygens (including phenoxy) is 1. The molecule has 0 spiro atoms. The maximum absolute atomic E-state index is 12.0. The van der Waals surface area contributed by atoms with E-state index < -0.39 is 0 Å². The van der Waals surface area contributed by atoms with E-state index in [1.807, 2.05) is 6.92 Å². The summed E-state index contributed by atoms with van der Waals surface area (Å²) in [6, 6.07) is 3.48. The normalized spacial score (nSPS) is 19.9. The summed E-state index contributed by atoms with van der Waals surface area (Å²) < 4.78 is 10.7. The maximum Gasteiger partial charge on any atom is 0.289 e. The van der Waals surface area contributed by atoms with Gasteiger partial charge in [-0.3, -0.25) is 4.79 Å². The van der Waals surface area contributed by atoms with Crippen molar-refractivity contribution in [1.82, 2.24) is 4.90 Å². The van der Waals surface area contributed by atoms with Crippen LogP contribution in [0.25, 0.3) is 0 Å². The number of hydrogen-bond acceptors (Lipinski definition) is 4. The number of aryl methyl sites for hydroxylation is 1. The molecule has 0 saturated carbocycles. The van der Waals surface area contributed by atoms with Crippen molar-refractivity contribution in [2.45, 2.75) is 13.0 Å². The second-order valence-corrected chi connectivity index (χ2v) is 3.89. The number of nitrogens with zero attached hydrogens (tertiary/aromatic N) is 1. The monoisotopic (exact) mass is 260 g/mol. The number of hydrogen-bond donors (Lipinski definition) is 1. The molecule has 96 valence electrons. The van der Waals surface area contributed by atoms with Crippen LogP contribution in [0.15, 0.2) is 16.5 Å². The third kappa shape index (κ3) is 3.21. The van der Waals surface area contributed by atoms with Gasteiger partial charge >= 0.3 is 0 Å². The highest BCUT2D eigenvalue weighted by molar-refractivity contribution is 5.91. The molecule has 0 aromatic carbocycles. The molecule has 1 aliphatic rings. The minimum absolute atomic E-state index is 0. The number of nitrogens with two attached hydrogens (primary N) is 1. The van der Waals surface area contributed by atoms with Crippen LogP contribution in [0.4, 0.5) is 0 Å². The highest BCUT2D eigenvalue weighted by atomic mass is 35.5. The molecular weight excluding hydrogens is 244 g/mol. The summed E-state index contributed by atoms with van der Waals surface area (Å²) in [6.07, 6.45) is -0.0613. The molecule has 1 fully saturated rings. The van der Waals surface area contributed by atoms with Gasteiger partial charge in [0.2, 0.25) is 0 Å².